The fourth-order valence-corrected chi connectivity index (χ4v) is 11.9. The highest BCUT2D eigenvalue weighted by atomic mass is 16.3. The molecule has 13 rings (SSSR count). The van der Waals surface area contributed by atoms with Crippen LogP contribution in [0.15, 0.2) is 278 Å². The topological polar surface area (TPSA) is 46.9 Å². The normalized spacial score (nSPS) is 12.2. The molecule has 2 N–H and O–H groups in total. The molecule has 0 amide bonds. The monoisotopic (exact) mass is 1030 g/mol. The van der Waals surface area contributed by atoms with Gasteiger partial charge in [0.05, 0.1) is 22.5 Å². The summed E-state index contributed by atoms with van der Waals surface area (Å²) in [7, 11) is 0. The third-order valence-electron chi connectivity index (χ3n) is 16.1. The Balaban J connectivity index is 0.890. The van der Waals surface area contributed by atoms with E-state index in [4.69, 9.17) is 0 Å². The lowest BCUT2D eigenvalue weighted by Crippen LogP contribution is -2.14. The van der Waals surface area contributed by atoms with Gasteiger partial charge in [0, 0.05) is 33.5 Å². The average molecular weight is 1030 g/mol. The lowest BCUT2D eigenvalue weighted by molar-refractivity contribution is 0.390. The van der Waals surface area contributed by atoms with Crippen molar-refractivity contribution in [1.29, 1.82) is 0 Å². The highest BCUT2D eigenvalue weighted by Crippen LogP contribution is 2.51. The van der Waals surface area contributed by atoms with E-state index >= 15 is 0 Å². The molecule has 12 aromatic rings. The largest absolute Gasteiger partial charge is 0.506 e. The van der Waals surface area contributed by atoms with Gasteiger partial charge in [-0.1, -0.05) is 206 Å². The molecule has 0 atom stereocenters. The summed E-state index contributed by atoms with van der Waals surface area (Å²) in [4.78, 5) is 4.61. The molecule has 0 radical (unpaired) electrons. The molecule has 0 unspecified atom stereocenters. The van der Waals surface area contributed by atoms with Gasteiger partial charge in [-0.05, 0) is 177 Å². The van der Waals surface area contributed by atoms with E-state index in [0.717, 1.165) is 89.0 Å². The summed E-state index contributed by atoms with van der Waals surface area (Å²) in [6.07, 6.45) is 0. The fraction of sp³-hybridized carbons (Fsp3) is 0.0526. The summed E-state index contributed by atoms with van der Waals surface area (Å²) < 4.78 is 0. The van der Waals surface area contributed by atoms with E-state index in [-0.39, 0.29) is 11.5 Å². The predicted molar refractivity (Wildman–Crippen MR) is 337 cm³/mol. The van der Waals surface area contributed by atoms with Crippen LogP contribution in [0.3, 0.4) is 0 Å². The quantitative estimate of drug-likeness (QED) is 0.128. The van der Waals surface area contributed by atoms with Gasteiger partial charge in [0.2, 0.25) is 0 Å². The van der Waals surface area contributed by atoms with Crippen LogP contribution in [0, 0.1) is 27.7 Å². The fourth-order valence-electron chi connectivity index (χ4n) is 11.9. The minimum atomic E-state index is 0.0594. The summed E-state index contributed by atoms with van der Waals surface area (Å²) >= 11 is 0. The average Bonchev–Trinajstić information content (AvgIpc) is 3.59. The third kappa shape index (κ3) is 8.78. The van der Waals surface area contributed by atoms with Gasteiger partial charge in [0.1, 0.15) is 11.5 Å². The van der Waals surface area contributed by atoms with Crippen LogP contribution in [0.4, 0.5) is 34.1 Å². The number of aliphatic hydroxyl groups excluding tert-OH is 2. The van der Waals surface area contributed by atoms with Crippen molar-refractivity contribution < 1.29 is 10.2 Å². The first-order chi connectivity index (χ1) is 39.2. The molecule has 0 heterocycles. The molecule has 4 heteroatoms. The molecule has 0 spiro atoms. The van der Waals surface area contributed by atoms with Crippen LogP contribution in [0.2, 0.25) is 0 Å². The van der Waals surface area contributed by atoms with E-state index in [1.54, 1.807) is 0 Å². The van der Waals surface area contributed by atoms with Gasteiger partial charge < -0.3 is 20.0 Å². The van der Waals surface area contributed by atoms with Crippen molar-refractivity contribution in [2.75, 3.05) is 9.80 Å². The first-order valence-electron chi connectivity index (χ1n) is 27.4. The molecule has 0 saturated carbocycles. The molecule has 384 valence electrons. The number of fused-ring (bicyclic) bond motifs is 2. The maximum Gasteiger partial charge on any atom is 0.138 e. The van der Waals surface area contributed by atoms with Gasteiger partial charge in [-0.25, -0.2) is 0 Å². The molecule has 12 aromatic carbocycles. The zero-order chi connectivity index (χ0) is 54.4. The van der Waals surface area contributed by atoms with E-state index in [9.17, 15) is 10.2 Å². The number of hydrogen-bond donors (Lipinski definition) is 2. The van der Waals surface area contributed by atoms with Crippen molar-refractivity contribution in [3.63, 3.8) is 0 Å². The highest BCUT2D eigenvalue weighted by Gasteiger charge is 2.34. The number of nitrogens with zero attached hydrogens (tertiary/aromatic N) is 2. The maximum absolute atomic E-state index is 12.4. The maximum atomic E-state index is 12.4. The molecule has 0 bridgehead atoms. The van der Waals surface area contributed by atoms with Crippen molar-refractivity contribution in [2.45, 2.75) is 27.7 Å². The van der Waals surface area contributed by atoms with Crippen LogP contribution in [0.5, 0.6) is 0 Å². The molecule has 0 aliphatic heterocycles. The van der Waals surface area contributed by atoms with Crippen LogP contribution in [0.25, 0.3) is 77.2 Å². The number of hydrogen-bond acceptors (Lipinski definition) is 4. The van der Waals surface area contributed by atoms with E-state index in [1.165, 1.54) is 44.5 Å². The summed E-state index contributed by atoms with van der Waals surface area (Å²) in [6.45, 7) is 8.60. The van der Waals surface area contributed by atoms with Crippen LogP contribution < -0.4 is 9.80 Å². The smallest absolute Gasteiger partial charge is 0.138 e. The molecule has 0 fully saturated rings. The Hall–Kier alpha value is -10.2. The third-order valence-corrected chi connectivity index (χ3v) is 16.1. The Kier molecular flexibility index (Phi) is 12.8. The van der Waals surface area contributed by atoms with Gasteiger partial charge in [-0.3, -0.25) is 0 Å². The van der Waals surface area contributed by atoms with Crippen molar-refractivity contribution in [1.82, 2.24) is 0 Å². The molecule has 0 saturated heterocycles. The van der Waals surface area contributed by atoms with Crippen molar-refractivity contribution >= 4 is 66.8 Å². The first-order valence-corrected chi connectivity index (χ1v) is 27.4. The summed E-state index contributed by atoms with van der Waals surface area (Å²) in [6, 6.07) is 94.0. The second kappa shape index (κ2) is 20.7. The first kappa shape index (κ1) is 49.4. The van der Waals surface area contributed by atoms with Crippen molar-refractivity contribution in [2.24, 2.45) is 0 Å². The summed E-state index contributed by atoms with van der Waals surface area (Å²) in [5.74, 6) is 0.119. The summed E-state index contributed by atoms with van der Waals surface area (Å²) in [5, 5.41) is 28.6. The van der Waals surface area contributed by atoms with Gasteiger partial charge in [0.25, 0.3) is 0 Å². The lowest BCUT2D eigenvalue weighted by atomic mass is 9.81. The number of benzene rings is 12. The van der Waals surface area contributed by atoms with Gasteiger partial charge >= 0.3 is 0 Å². The van der Waals surface area contributed by atoms with Crippen molar-refractivity contribution in [3.05, 3.63) is 312 Å². The molecule has 1 aliphatic carbocycles. The zero-order valence-corrected chi connectivity index (χ0v) is 45.2. The molecule has 0 aromatic heterocycles. The lowest BCUT2D eigenvalue weighted by Gasteiger charge is -2.30. The predicted octanol–water partition coefficient (Wildman–Crippen LogP) is 21.1. The molecular formula is C76H58N2O2. The second-order valence-electron chi connectivity index (χ2n) is 20.9. The van der Waals surface area contributed by atoms with Gasteiger partial charge in [-0.2, -0.15) is 0 Å². The van der Waals surface area contributed by atoms with Crippen LogP contribution >= 0.6 is 0 Å². The zero-order valence-electron chi connectivity index (χ0n) is 45.2. The van der Waals surface area contributed by atoms with Crippen molar-refractivity contribution in [3.8, 4) is 44.5 Å². The Morgan fingerprint density at radius 2 is 0.463 bits per heavy atom. The highest BCUT2D eigenvalue weighted by molar-refractivity contribution is 6.17. The van der Waals surface area contributed by atoms with E-state index in [1.807, 2.05) is 24.3 Å². The van der Waals surface area contributed by atoms with Crippen LogP contribution in [0.1, 0.15) is 33.4 Å². The Labute approximate surface area is 468 Å². The SMILES string of the molecule is Cc1ccccc1-c1ccc(N(c2ccc(-c3ccccc3C)cc2)c2ccc(C3=C(O)C(c4ccc(N(c5ccc(-c6ccccc6C)cc5)c5ccc(-c6ccccc6C)cc5)c5ccccc45)=C3O)c3ccccc23)cc1. The number of aliphatic hydroxyl groups is 2. The summed E-state index contributed by atoms with van der Waals surface area (Å²) in [5.41, 5.74) is 22.7. The number of allylic oxidation sites excluding steroid dienone is 2. The number of rotatable bonds is 12. The molecule has 1 aliphatic rings. The molecule has 80 heavy (non-hydrogen) atoms. The minimum Gasteiger partial charge on any atom is -0.506 e. The van der Waals surface area contributed by atoms with E-state index in [0.29, 0.717) is 11.1 Å². The van der Waals surface area contributed by atoms with Crippen LogP contribution in [-0.4, -0.2) is 10.2 Å². The standard InChI is InChI=1S/C76H58N2O2/c1-49-17-5-9-21-61(49)53-29-37-57(38-30-53)77(58-39-31-54(32-40-58)62-22-10-6-18-50(62)2)71-47-45-69(65-25-13-15-27-67(65)71)73-75(79)74(76(73)80)70-46-48-72(68-28-16-14-26-66(68)70)78(59-41-33-55(34-42-59)63-23-11-7-19-51(63)3)60-43-35-56(36-44-60)64-24-12-8-20-52(64)4/h5-48,79-80H,1-4H3. The van der Waals surface area contributed by atoms with Gasteiger partial charge in [-0.15, -0.1) is 0 Å². The Morgan fingerprint density at radius 1 is 0.225 bits per heavy atom. The van der Waals surface area contributed by atoms with E-state index in [2.05, 4.69) is 280 Å². The van der Waals surface area contributed by atoms with Crippen LogP contribution in [-0.2, 0) is 0 Å². The molecule has 4 nitrogen and oxygen atoms in total. The number of anilines is 6. The Bertz CT molecular complexity index is 3920. The second-order valence-corrected chi connectivity index (χ2v) is 20.9. The Morgan fingerprint density at radius 3 is 0.725 bits per heavy atom. The van der Waals surface area contributed by atoms with E-state index < -0.39 is 0 Å². The molecular weight excluding hydrogens is 973 g/mol. The number of aryl methyl sites for hydroxylation is 4. The minimum absolute atomic E-state index is 0.0594. The van der Waals surface area contributed by atoms with Gasteiger partial charge in [0.15, 0.2) is 0 Å².